The van der Waals surface area contributed by atoms with Crippen LogP contribution in [0.2, 0.25) is 0 Å². The molecule has 0 bridgehead atoms. The van der Waals surface area contributed by atoms with E-state index in [4.69, 9.17) is 9.47 Å². The van der Waals surface area contributed by atoms with Gasteiger partial charge in [0, 0.05) is 17.7 Å². The van der Waals surface area contributed by atoms with Crippen LogP contribution in [0.5, 0.6) is 5.75 Å². The highest BCUT2D eigenvalue weighted by molar-refractivity contribution is 6.05. The average Bonchev–Trinajstić information content (AvgIpc) is 2.92. The van der Waals surface area contributed by atoms with Gasteiger partial charge in [-0.3, -0.25) is 14.4 Å². The Morgan fingerprint density at radius 3 is 2.46 bits per heavy atom. The molecule has 1 heterocycles. The third-order valence-electron chi connectivity index (χ3n) is 4.50. The van der Waals surface area contributed by atoms with Gasteiger partial charge in [0.1, 0.15) is 5.75 Å². The number of carbonyl (C=O) groups is 3. The van der Waals surface area contributed by atoms with Crippen LogP contribution < -0.4 is 4.74 Å². The molecule has 6 heteroatoms. The van der Waals surface area contributed by atoms with Gasteiger partial charge in [0.15, 0.2) is 11.9 Å². The Balaban J connectivity index is 1.84. The van der Waals surface area contributed by atoms with E-state index in [9.17, 15) is 14.4 Å². The first-order chi connectivity index (χ1) is 13.2. The SMILES string of the molecule is CC(=O)c1c(C)[nH]c(C(=O)[C@@H](C)OC(=O)CCCOc2cccc(C)c2)c1C. The zero-order chi connectivity index (χ0) is 20.8. The zero-order valence-electron chi connectivity index (χ0n) is 17.0. The van der Waals surface area contributed by atoms with E-state index in [2.05, 4.69) is 4.98 Å². The molecule has 0 saturated carbocycles. The second-order valence-corrected chi connectivity index (χ2v) is 6.95. The molecule has 2 rings (SSSR count). The fourth-order valence-corrected chi connectivity index (χ4v) is 3.15. The highest BCUT2D eigenvalue weighted by Crippen LogP contribution is 2.20. The lowest BCUT2D eigenvalue weighted by Gasteiger charge is -2.12. The molecule has 0 fully saturated rings. The van der Waals surface area contributed by atoms with E-state index >= 15 is 0 Å². The minimum atomic E-state index is -0.929. The molecular formula is C22H27NO5. The lowest BCUT2D eigenvalue weighted by Crippen LogP contribution is -2.25. The highest BCUT2D eigenvalue weighted by Gasteiger charge is 2.25. The van der Waals surface area contributed by atoms with Crippen molar-refractivity contribution in [3.8, 4) is 5.75 Å². The Labute approximate surface area is 165 Å². The number of carbonyl (C=O) groups excluding carboxylic acids is 3. The number of hydrogen-bond acceptors (Lipinski definition) is 5. The Morgan fingerprint density at radius 1 is 1.14 bits per heavy atom. The van der Waals surface area contributed by atoms with Crippen LogP contribution in [0, 0.1) is 20.8 Å². The first kappa shape index (κ1) is 21.4. The molecule has 0 amide bonds. The number of ether oxygens (including phenoxy) is 2. The molecular weight excluding hydrogens is 358 g/mol. The smallest absolute Gasteiger partial charge is 0.306 e. The first-order valence-corrected chi connectivity index (χ1v) is 9.34. The number of esters is 1. The summed E-state index contributed by atoms with van der Waals surface area (Å²) >= 11 is 0. The molecule has 28 heavy (non-hydrogen) atoms. The summed E-state index contributed by atoms with van der Waals surface area (Å²) in [5, 5.41) is 0. The zero-order valence-corrected chi connectivity index (χ0v) is 17.0. The molecule has 6 nitrogen and oxygen atoms in total. The number of ketones is 2. The van der Waals surface area contributed by atoms with Gasteiger partial charge < -0.3 is 14.5 Å². The van der Waals surface area contributed by atoms with Gasteiger partial charge in [-0.15, -0.1) is 0 Å². The van der Waals surface area contributed by atoms with Crippen LogP contribution in [0.25, 0.3) is 0 Å². The molecule has 0 radical (unpaired) electrons. The van der Waals surface area contributed by atoms with Gasteiger partial charge in [-0.2, -0.15) is 0 Å². The maximum atomic E-state index is 12.6. The molecule has 0 spiro atoms. The third kappa shape index (κ3) is 5.31. The maximum absolute atomic E-state index is 12.6. The van der Waals surface area contributed by atoms with Crippen LogP contribution in [0.15, 0.2) is 24.3 Å². The van der Waals surface area contributed by atoms with Crippen LogP contribution in [0.3, 0.4) is 0 Å². The molecule has 0 aliphatic rings. The number of H-pyrrole nitrogens is 1. The normalized spacial score (nSPS) is 11.8. The van der Waals surface area contributed by atoms with Gasteiger partial charge >= 0.3 is 5.97 Å². The fraction of sp³-hybridized carbons (Fsp3) is 0.409. The second kappa shape index (κ2) is 9.35. The monoisotopic (exact) mass is 385 g/mol. The Morgan fingerprint density at radius 2 is 1.86 bits per heavy atom. The molecule has 1 aromatic carbocycles. The number of aromatic amines is 1. The van der Waals surface area contributed by atoms with Crippen molar-refractivity contribution in [2.24, 2.45) is 0 Å². The van der Waals surface area contributed by atoms with E-state index in [1.165, 1.54) is 13.8 Å². The van der Waals surface area contributed by atoms with Gasteiger partial charge in [-0.05, 0) is 64.3 Å². The van der Waals surface area contributed by atoms with E-state index in [1.807, 2.05) is 31.2 Å². The van der Waals surface area contributed by atoms with E-state index in [0.717, 1.165) is 11.3 Å². The first-order valence-electron chi connectivity index (χ1n) is 9.34. The van der Waals surface area contributed by atoms with Gasteiger partial charge in [0.2, 0.25) is 5.78 Å². The molecule has 150 valence electrons. The van der Waals surface area contributed by atoms with Crippen molar-refractivity contribution in [2.75, 3.05) is 6.61 Å². The summed E-state index contributed by atoms with van der Waals surface area (Å²) in [7, 11) is 0. The molecule has 0 saturated heterocycles. The number of aromatic nitrogens is 1. The van der Waals surface area contributed by atoms with Crippen molar-refractivity contribution < 1.29 is 23.9 Å². The van der Waals surface area contributed by atoms with Crippen LogP contribution in [0.4, 0.5) is 0 Å². The predicted octanol–water partition coefficient (Wildman–Crippen LogP) is 4.12. The number of nitrogens with one attached hydrogen (secondary N) is 1. The van der Waals surface area contributed by atoms with Crippen molar-refractivity contribution in [3.05, 3.63) is 52.3 Å². The Hall–Kier alpha value is -2.89. The molecule has 1 aromatic heterocycles. The van der Waals surface area contributed by atoms with E-state index < -0.39 is 12.1 Å². The molecule has 2 aromatic rings. The summed E-state index contributed by atoms with van der Waals surface area (Å²) in [6.07, 6.45) is -0.282. The van der Waals surface area contributed by atoms with Crippen molar-refractivity contribution in [2.45, 2.75) is 53.6 Å². The molecule has 0 unspecified atom stereocenters. The van der Waals surface area contributed by atoms with Crippen molar-refractivity contribution in [1.29, 1.82) is 0 Å². The van der Waals surface area contributed by atoms with Crippen LogP contribution in [-0.4, -0.2) is 35.2 Å². The minimum Gasteiger partial charge on any atom is -0.494 e. The molecule has 1 N–H and O–H groups in total. The van der Waals surface area contributed by atoms with Crippen LogP contribution in [0.1, 0.15) is 64.4 Å². The summed E-state index contributed by atoms with van der Waals surface area (Å²) in [6, 6.07) is 7.68. The van der Waals surface area contributed by atoms with Crippen molar-refractivity contribution in [3.63, 3.8) is 0 Å². The maximum Gasteiger partial charge on any atom is 0.306 e. The number of benzene rings is 1. The quantitative estimate of drug-likeness (QED) is 0.399. The molecule has 0 aliphatic heterocycles. The summed E-state index contributed by atoms with van der Waals surface area (Å²) < 4.78 is 10.9. The summed E-state index contributed by atoms with van der Waals surface area (Å²) in [5.41, 5.74) is 3.15. The van der Waals surface area contributed by atoms with Gasteiger partial charge in [-0.1, -0.05) is 12.1 Å². The average molecular weight is 385 g/mol. The number of rotatable bonds is 9. The Kier molecular flexibility index (Phi) is 7.15. The van der Waals surface area contributed by atoms with Crippen LogP contribution >= 0.6 is 0 Å². The van der Waals surface area contributed by atoms with E-state index in [0.29, 0.717) is 35.5 Å². The summed E-state index contributed by atoms with van der Waals surface area (Å²) in [4.78, 5) is 39.3. The minimum absolute atomic E-state index is 0.108. The summed E-state index contributed by atoms with van der Waals surface area (Å²) in [5.74, 6) is -0.154. The van der Waals surface area contributed by atoms with E-state index in [-0.39, 0.29) is 18.0 Å². The lowest BCUT2D eigenvalue weighted by molar-refractivity contribution is -0.146. The molecule has 0 aliphatic carbocycles. The predicted molar refractivity (Wildman–Crippen MR) is 106 cm³/mol. The largest absolute Gasteiger partial charge is 0.494 e. The number of aryl methyl sites for hydroxylation is 2. The van der Waals surface area contributed by atoms with Crippen LogP contribution in [-0.2, 0) is 9.53 Å². The molecule has 1 atom stereocenters. The lowest BCUT2D eigenvalue weighted by atomic mass is 10.0. The highest BCUT2D eigenvalue weighted by atomic mass is 16.5. The Bertz CT molecular complexity index is 881. The summed E-state index contributed by atoms with van der Waals surface area (Å²) in [6.45, 7) is 8.81. The van der Waals surface area contributed by atoms with Gasteiger partial charge in [0.05, 0.1) is 12.3 Å². The van der Waals surface area contributed by atoms with Crippen molar-refractivity contribution >= 4 is 17.5 Å². The fourth-order valence-electron chi connectivity index (χ4n) is 3.15. The standard InChI is InChI=1S/C22H27NO5/c1-13-8-6-9-18(12-13)27-11-7-10-19(25)28-17(5)22(26)21-14(2)20(16(4)24)15(3)23-21/h6,8-9,12,17,23H,7,10-11H2,1-5H3/t17-/m1/s1. The van der Waals surface area contributed by atoms with Gasteiger partial charge in [0.25, 0.3) is 0 Å². The second-order valence-electron chi connectivity index (χ2n) is 6.95. The number of Topliss-reactive ketones (excluding diaryl/α,β-unsaturated/α-hetero) is 2. The number of hydrogen-bond donors (Lipinski definition) is 1. The van der Waals surface area contributed by atoms with E-state index in [1.54, 1.807) is 13.8 Å². The third-order valence-corrected chi connectivity index (χ3v) is 4.50. The van der Waals surface area contributed by atoms with Gasteiger partial charge in [-0.25, -0.2) is 0 Å². The topological polar surface area (TPSA) is 85.5 Å². The van der Waals surface area contributed by atoms with Crippen molar-refractivity contribution in [1.82, 2.24) is 4.98 Å².